The van der Waals surface area contributed by atoms with Crippen LogP contribution < -0.4 is 15.2 Å². The lowest BCUT2D eigenvalue weighted by molar-refractivity contribution is -0.146. The summed E-state index contributed by atoms with van der Waals surface area (Å²) >= 11 is 1.03. The van der Waals surface area contributed by atoms with Crippen LogP contribution in [0.1, 0.15) is 5.82 Å². The van der Waals surface area contributed by atoms with E-state index in [9.17, 15) is 18.0 Å². The second-order valence-electron chi connectivity index (χ2n) is 6.46. The average molecular weight is 420 g/mol. The predicted octanol–water partition coefficient (Wildman–Crippen LogP) is 4.09. The van der Waals surface area contributed by atoms with Gasteiger partial charge in [0.1, 0.15) is 20.8 Å². The van der Waals surface area contributed by atoms with Crippen LogP contribution in [0, 0.1) is 0 Å². The SMILES string of the molecule is COc1ccc(-n2c(C(F)(F)F)nc3c(sc4nccc(N(C)C)c43)c2=O)cc1. The zero-order valence-corrected chi connectivity index (χ0v) is 16.4. The van der Waals surface area contributed by atoms with Gasteiger partial charge in [-0.15, -0.1) is 11.3 Å². The first-order valence-corrected chi connectivity index (χ1v) is 9.27. The number of ether oxygens (including phenoxy) is 1. The molecule has 0 aliphatic carbocycles. The van der Waals surface area contributed by atoms with Crippen LogP contribution in [0.5, 0.6) is 5.75 Å². The van der Waals surface area contributed by atoms with Crippen molar-refractivity contribution in [1.29, 1.82) is 0 Å². The Balaban J connectivity index is 2.14. The molecule has 0 N–H and O–H groups in total. The Kier molecular flexibility index (Phi) is 4.45. The second-order valence-corrected chi connectivity index (χ2v) is 7.46. The maximum absolute atomic E-state index is 13.9. The number of benzene rings is 1. The van der Waals surface area contributed by atoms with Crippen molar-refractivity contribution < 1.29 is 17.9 Å². The van der Waals surface area contributed by atoms with Crippen molar-refractivity contribution in [1.82, 2.24) is 14.5 Å². The Morgan fingerprint density at radius 2 is 1.83 bits per heavy atom. The number of halogens is 3. The third kappa shape index (κ3) is 3.09. The molecule has 1 aromatic carbocycles. The monoisotopic (exact) mass is 420 g/mol. The molecule has 4 rings (SSSR count). The Morgan fingerprint density at radius 1 is 1.14 bits per heavy atom. The number of aromatic nitrogens is 3. The van der Waals surface area contributed by atoms with Gasteiger partial charge in [-0.05, 0) is 30.3 Å². The van der Waals surface area contributed by atoms with Gasteiger partial charge in [0.05, 0.1) is 23.9 Å². The van der Waals surface area contributed by atoms with Gasteiger partial charge in [-0.3, -0.25) is 9.36 Å². The minimum Gasteiger partial charge on any atom is -0.497 e. The average Bonchev–Trinajstić information content (AvgIpc) is 3.06. The molecule has 0 saturated heterocycles. The topological polar surface area (TPSA) is 60.2 Å². The molecule has 10 heteroatoms. The van der Waals surface area contributed by atoms with Gasteiger partial charge in [-0.25, -0.2) is 9.97 Å². The summed E-state index contributed by atoms with van der Waals surface area (Å²) in [7, 11) is 4.98. The van der Waals surface area contributed by atoms with E-state index in [1.165, 1.54) is 31.4 Å². The van der Waals surface area contributed by atoms with Crippen molar-refractivity contribution in [2.75, 3.05) is 26.1 Å². The Hall–Kier alpha value is -3.14. The molecule has 29 heavy (non-hydrogen) atoms. The van der Waals surface area contributed by atoms with Crippen molar-refractivity contribution >= 4 is 37.5 Å². The largest absolute Gasteiger partial charge is 0.497 e. The lowest BCUT2D eigenvalue weighted by Crippen LogP contribution is -2.28. The quantitative estimate of drug-likeness (QED) is 0.500. The van der Waals surface area contributed by atoms with Gasteiger partial charge < -0.3 is 9.64 Å². The Bertz CT molecular complexity index is 1280. The van der Waals surface area contributed by atoms with E-state index in [1.54, 1.807) is 31.3 Å². The molecule has 0 aliphatic rings. The van der Waals surface area contributed by atoms with Gasteiger partial charge in [-0.1, -0.05) is 0 Å². The fraction of sp³-hybridized carbons (Fsp3) is 0.211. The van der Waals surface area contributed by atoms with Crippen LogP contribution in [0.15, 0.2) is 41.3 Å². The summed E-state index contributed by atoms with van der Waals surface area (Å²) in [5.41, 5.74) is -0.0941. The molecule has 0 aliphatic heterocycles. The zero-order valence-electron chi connectivity index (χ0n) is 15.6. The third-order valence-corrected chi connectivity index (χ3v) is 5.51. The van der Waals surface area contributed by atoms with Gasteiger partial charge in [0.25, 0.3) is 5.56 Å². The molecule has 3 heterocycles. The summed E-state index contributed by atoms with van der Waals surface area (Å²) in [5.74, 6) is -0.820. The van der Waals surface area contributed by atoms with Crippen LogP contribution in [0.3, 0.4) is 0 Å². The highest BCUT2D eigenvalue weighted by atomic mass is 32.1. The minimum atomic E-state index is -4.83. The van der Waals surface area contributed by atoms with Crippen LogP contribution in [0.25, 0.3) is 26.1 Å². The van der Waals surface area contributed by atoms with Gasteiger partial charge in [0, 0.05) is 20.3 Å². The number of anilines is 1. The fourth-order valence-corrected chi connectivity index (χ4v) is 4.16. The fourth-order valence-electron chi connectivity index (χ4n) is 3.13. The van der Waals surface area contributed by atoms with E-state index in [2.05, 4.69) is 9.97 Å². The number of pyridine rings is 1. The standard InChI is InChI=1S/C19H15F3N4O2S/c1-25(2)12-8-9-23-16-13(12)14-15(29-16)17(27)26(18(24-14)19(20,21)22)10-4-6-11(28-3)7-5-10/h4-9H,1-3H3. The number of hydrogen-bond acceptors (Lipinski definition) is 6. The van der Waals surface area contributed by atoms with Crippen LogP contribution >= 0.6 is 11.3 Å². The summed E-state index contributed by atoms with van der Waals surface area (Å²) in [6.07, 6.45) is -3.28. The lowest BCUT2D eigenvalue weighted by atomic mass is 10.2. The van der Waals surface area contributed by atoms with Crippen molar-refractivity contribution in [3.8, 4) is 11.4 Å². The highest BCUT2D eigenvalue weighted by Crippen LogP contribution is 2.38. The number of nitrogens with zero attached hydrogens (tertiary/aromatic N) is 4. The summed E-state index contributed by atoms with van der Waals surface area (Å²) < 4.78 is 47.4. The molecule has 3 aromatic heterocycles. The van der Waals surface area contributed by atoms with Crippen LogP contribution in [-0.4, -0.2) is 35.7 Å². The number of rotatable bonds is 3. The van der Waals surface area contributed by atoms with Gasteiger partial charge in [0.2, 0.25) is 5.82 Å². The maximum atomic E-state index is 13.9. The number of hydrogen-bond donors (Lipinski definition) is 0. The first kappa shape index (κ1) is 19.2. The van der Waals surface area contributed by atoms with Crippen LogP contribution in [0.4, 0.5) is 18.9 Å². The second kappa shape index (κ2) is 6.73. The first-order chi connectivity index (χ1) is 13.7. The number of thiophene rings is 1. The number of alkyl halides is 3. The molecule has 0 spiro atoms. The molecule has 0 saturated carbocycles. The van der Waals surface area contributed by atoms with E-state index in [1.807, 2.05) is 0 Å². The van der Waals surface area contributed by atoms with Crippen LogP contribution in [-0.2, 0) is 6.18 Å². The summed E-state index contributed by atoms with van der Waals surface area (Å²) in [6, 6.07) is 7.43. The van der Waals surface area contributed by atoms with Crippen molar-refractivity contribution in [3.63, 3.8) is 0 Å². The molecule has 0 fully saturated rings. The maximum Gasteiger partial charge on any atom is 0.450 e. The van der Waals surface area contributed by atoms with E-state index >= 15 is 0 Å². The third-order valence-electron chi connectivity index (χ3n) is 4.44. The van der Waals surface area contributed by atoms with Gasteiger partial charge >= 0.3 is 6.18 Å². The summed E-state index contributed by atoms with van der Waals surface area (Å²) in [6.45, 7) is 0. The van der Waals surface area contributed by atoms with E-state index in [4.69, 9.17) is 4.74 Å². The Morgan fingerprint density at radius 3 is 2.41 bits per heavy atom. The molecule has 0 unspecified atom stereocenters. The van der Waals surface area contributed by atoms with Crippen molar-refractivity contribution in [2.24, 2.45) is 0 Å². The summed E-state index contributed by atoms with van der Waals surface area (Å²) in [5, 5.41) is 0.432. The highest BCUT2D eigenvalue weighted by molar-refractivity contribution is 7.25. The smallest absolute Gasteiger partial charge is 0.450 e. The van der Waals surface area contributed by atoms with E-state index < -0.39 is 17.6 Å². The molecule has 0 atom stereocenters. The van der Waals surface area contributed by atoms with Gasteiger partial charge in [0.15, 0.2) is 0 Å². The molecule has 6 nitrogen and oxygen atoms in total. The molecule has 4 aromatic rings. The summed E-state index contributed by atoms with van der Waals surface area (Å²) in [4.78, 5) is 23.5. The van der Waals surface area contributed by atoms with Crippen molar-refractivity contribution in [3.05, 3.63) is 52.7 Å². The first-order valence-electron chi connectivity index (χ1n) is 8.45. The predicted molar refractivity (Wildman–Crippen MR) is 106 cm³/mol. The molecular weight excluding hydrogens is 405 g/mol. The lowest BCUT2D eigenvalue weighted by Gasteiger charge is -2.16. The number of methoxy groups -OCH3 is 1. The molecular formula is C19H15F3N4O2S. The van der Waals surface area contributed by atoms with Crippen LogP contribution in [0.2, 0.25) is 0 Å². The minimum absolute atomic E-state index is 0.00360. The molecule has 0 amide bonds. The normalized spacial score (nSPS) is 11.9. The van der Waals surface area contributed by atoms with E-state index in [-0.39, 0.29) is 15.9 Å². The van der Waals surface area contributed by atoms with Crippen molar-refractivity contribution in [2.45, 2.75) is 6.18 Å². The number of fused-ring (bicyclic) bond motifs is 3. The molecule has 0 bridgehead atoms. The van der Waals surface area contributed by atoms with Gasteiger partial charge in [-0.2, -0.15) is 13.2 Å². The molecule has 0 radical (unpaired) electrons. The molecule has 150 valence electrons. The Labute approximate surface area is 166 Å². The van der Waals surface area contributed by atoms with E-state index in [0.29, 0.717) is 26.2 Å². The zero-order chi connectivity index (χ0) is 20.9. The van der Waals surface area contributed by atoms with E-state index in [0.717, 1.165) is 11.3 Å². The highest BCUT2D eigenvalue weighted by Gasteiger charge is 2.38.